The summed E-state index contributed by atoms with van der Waals surface area (Å²) < 4.78 is 2.58. The first-order valence-corrected chi connectivity index (χ1v) is 8.73. The third kappa shape index (κ3) is 1.60. The summed E-state index contributed by atoms with van der Waals surface area (Å²) in [6.45, 7) is 7.26. The fraction of sp³-hybridized carbons (Fsp3) is 0.636. The third-order valence-corrected chi connectivity index (χ3v) is 4.78. The summed E-state index contributed by atoms with van der Waals surface area (Å²) in [5, 5.41) is 0. The van der Waals surface area contributed by atoms with Crippen LogP contribution in [-0.2, 0) is 12.8 Å². The molecular formula is C11H19NSi. The molecule has 0 saturated heterocycles. The average Bonchev–Trinajstić information content (AvgIpc) is 2.45. The van der Waals surface area contributed by atoms with E-state index < -0.39 is 8.24 Å². The van der Waals surface area contributed by atoms with Gasteiger partial charge < -0.3 is 4.23 Å². The zero-order chi connectivity index (χ0) is 9.47. The van der Waals surface area contributed by atoms with Crippen LogP contribution in [0.15, 0.2) is 12.3 Å². The van der Waals surface area contributed by atoms with Gasteiger partial charge in [-0.3, -0.25) is 0 Å². The van der Waals surface area contributed by atoms with Crippen molar-refractivity contribution in [3.05, 3.63) is 23.5 Å². The lowest BCUT2D eigenvalue weighted by Crippen LogP contribution is -2.33. The minimum atomic E-state index is -1.14. The van der Waals surface area contributed by atoms with Gasteiger partial charge in [-0.1, -0.05) is 19.6 Å². The molecule has 0 unspecified atom stereocenters. The van der Waals surface area contributed by atoms with E-state index in [1.165, 1.54) is 25.7 Å². The molecule has 1 heterocycles. The van der Waals surface area contributed by atoms with Crippen LogP contribution in [0.5, 0.6) is 0 Å². The van der Waals surface area contributed by atoms with Gasteiger partial charge in [0.05, 0.1) is 0 Å². The van der Waals surface area contributed by atoms with E-state index in [1.807, 2.05) is 0 Å². The van der Waals surface area contributed by atoms with Gasteiger partial charge in [0.15, 0.2) is 8.24 Å². The summed E-state index contributed by atoms with van der Waals surface area (Å²) in [4.78, 5) is 0. The van der Waals surface area contributed by atoms with Crippen molar-refractivity contribution in [2.75, 3.05) is 0 Å². The van der Waals surface area contributed by atoms with Crippen molar-refractivity contribution in [2.24, 2.45) is 0 Å². The predicted molar refractivity (Wildman–Crippen MR) is 59.8 cm³/mol. The summed E-state index contributed by atoms with van der Waals surface area (Å²) >= 11 is 0. The lowest BCUT2D eigenvalue weighted by molar-refractivity contribution is 0.668. The van der Waals surface area contributed by atoms with E-state index in [0.29, 0.717) is 0 Å². The van der Waals surface area contributed by atoms with Crippen LogP contribution >= 0.6 is 0 Å². The molecule has 0 spiro atoms. The minimum Gasteiger partial charge on any atom is -0.378 e. The number of rotatable bonds is 1. The number of fused-ring (bicyclic) bond motifs is 1. The van der Waals surface area contributed by atoms with Crippen LogP contribution in [0.3, 0.4) is 0 Å². The Hall–Kier alpha value is -0.503. The zero-order valence-electron chi connectivity index (χ0n) is 8.93. The second-order valence-corrected chi connectivity index (χ2v) is 9.86. The average molecular weight is 193 g/mol. The largest absolute Gasteiger partial charge is 0.378 e. The number of hydrogen-bond acceptors (Lipinski definition) is 0. The van der Waals surface area contributed by atoms with Gasteiger partial charge in [0.1, 0.15) is 0 Å². The minimum absolute atomic E-state index is 1.14. The Morgan fingerprint density at radius 1 is 1.15 bits per heavy atom. The normalized spacial score (nSPS) is 17.2. The molecule has 1 aromatic heterocycles. The van der Waals surface area contributed by atoms with Gasteiger partial charge >= 0.3 is 0 Å². The van der Waals surface area contributed by atoms with E-state index in [9.17, 15) is 0 Å². The molecule has 0 bridgehead atoms. The van der Waals surface area contributed by atoms with Crippen LogP contribution in [0, 0.1) is 0 Å². The van der Waals surface area contributed by atoms with Gasteiger partial charge in [-0.25, -0.2) is 0 Å². The van der Waals surface area contributed by atoms with Crippen molar-refractivity contribution in [1.29, 1.82) is 0 Å². The van der Waals surface area contributed by atoms with Crippen LogP contribution in [-0.4, -0.2) is 12.5 Å². The molecule has 2 rings (SSSR count). The van der Waals surface area contributed by atoms with E-state index in [4.69, 9.17) is 0 Å². The maximum absolute atomic E-state index is 2.58. The van der Waals surface area contributed by atoms with E-state index in [2.05, 4.69) is 36.1 Å². The molecule has 72 valence electrons. The topological polar surface area (TPSA) is 4.93 Å². The molecule has 0 fully saturated rings. The highest BCUT2D eigenvalue weighted by molar-refractivity contribution is 6.74. The van der Waals surface area contributed by atoms with Crippen LogP contribution in [0.25, 0.3) is 0 Å². The Labute approximate surface area is 81.9 Å². The molecule has 0 aromatic carbocycles. The zero-order valence-corrected chi connectivity index (χ0v) is 9.93. The van der Waals surface area contributed by atoms with E-state index in [1.54, 1.807) is 11.3 Å². The Bertz CT molecular complexity index is 306. The lowest BCUT2D eigenvalue weighted by atomic mass is 9.98. The highest BCUT2D eigenvalue weighted by Gasteiger charge is 2.22. The van der Waals surface area contributed by atoms with E-state index >= 15 is 0 Å². The standard InChI is InChI=1S/C11H19NSi/c1-13(2,3)12-9-8-10-6-4-5-7-11(10)12/h8-9H,4-7H2,1-3H3. The highest BCUT2D eigenvalue weighted by atomic mass is 28.3. The van der Waals surface area contributed by atoms with Gasteiger partial charge in [-0.15, -0.1) is 0 Å². The first kappa shape index (κ1) is 9.07. The third-order valence-electron chi connectivity index (χ3n) is 2.92. The summed E-state index contributed by atoms with van der Waals surface area (Å²) in [7, 11) is -1.14. The Morgan fingerprint density at radius 3 is 2.54 bits per heavy atom. The molecule has 0 atom stereocenters. The molecule has 13 heavy (non-hydrogen) atoms. The fourth-order valence-corrected chi connectivity index (χ4v) is 3.84. The van der Waals surface area contributed by atoms with Crippen molar-refractivity contribution in [3.8, 4) is 0 Å². The van der Waals surface area contributed by atoms with Crippen molar-refractivity contribution in [3.63, 3.8) is 0 Å². The SMILES string of the molecule is C[Si](C)(C)n1ccc2c1CCCC2. The molecule has 0 aliphatic heterocycles. The fourth-order valence-electron chi connectivity index (χ4n) is 2.25. The van der Waals surface area contributed by atoms with Crippen LogP contribution in [0.4, 0.5) is 0 Å². The molecule has 1 nitrogen and oxygen atoms in total. The summed E-state index contributed by atoms with van der Waals surface area (Å²) in [6.07, 6.45) is 7.73. The molecule has 1 aliphatic rings. The molecule has 1 aromatic rings. The first-order valence-electron chi connectivity index (χ1n) is 5.28. The predicted octanol–water partition coefficient (Wildman–Crippen LogP) is 3.05. The number of aryl methyl sites for hydroxylation is 1. The number of aromatic nitrogens is 1. The second-order valence-electron chi connectivity index (χ2n) is 5.04. The van der Waals surface area contributed by atoms with Gasteiger partial charge in [0, 0.05) is 5.69 Å². The quantitative estimate of drug-likeness (QED) is 0.604. The Balaban J connectivity index is 2.43. The number of hydrogen-bond donors (Lipinski definition) is 0. The Kier molecular flexibility index (Phi) is 2.10. The lowest BCUT2D eigenvalue weighted by Gasteiger charge is -2.24. The maximum Gasteiger partial charge on any atom is 0.152 e. The van der Waals surface area contributed by atoms with Crippen LogP contribution in [0.2, 0.25) is 19.6 Å². The molecule has 0 N–H and O–H groups in total. The van der Waals surface area contributed by atoms with Crippen molar-refractivity contribution in [1.82, 2.24) is 4.23 Å². The molecular weight excluding hydrogens is 174 g/mol. The van der Waals surface area contributed by atoms with Gasteiger partial charge in [0.2, 0.25) is 0 Å². The van der Waals surface area contributed by atoms with Crippen LogP contribution in [0.1, 0.15) is 24.1 Å². The molecule has 1 aliphatic carbocycles. The molecule has 0 radical (unpaired) electrons. The van der Waals surface area contributed by atoms with Crippen molar-refractivity contribution < 1.29 is 0 Å². The van der Waals surface area contributed by atoms with Gasteiger partial charge in [-0.05, 0) is 43.5 Å². The molecule has 2 heteroatoms. The first-order chi connectivity index (χ1) is 6.09. The molecule has 0 amide bonds. The summed E-state index contributed by atoms with van der Waals surface area (Å²) in [5.41, 5.74) is 3.26. The smallest absolute Gasteiger partial charge is 0.152 e. The monoisotopic (exact) mass is 193 g/mol. The summed E-state index contributed by atoms with van der Waals surface area (Å²) in [5.74, 6) is 0. The molecule has 0 saturated carbocycles. The Morgan fingerprint density at radius 2 is 1.85 bits per heavy atom. The van der Waals surface area contributed by atoms with E-state index in [-0.39, 0.29) is 0 Å². The van der Waals surface area contributed by atoms with Crippen molar-refractivity contribution >= 4 is 8.24 Å². The van der Waals surface area contributed by atoms with Gasteiger partial charge in [0.25, 0.3) is 0 Å². The summed E-state index contributed by atoms with van der Waals surface area (Å²) in [6, 6.07) is 2.34. The van der Waals surface area contributed by atoms with Crippen molar-refractivity contribution in [2.45, 2.75) is 45.3 Å². The van der Waals surface area contributed by atoms with E-state index in [0.717, 1.165) is 0 Å². The maximum atomic E-state index is 2.58. The number of nitrogens with zero attached hydrogens (tertiary/aromatic N) is 1. The second kappa shape index (κ2) is 3.02. The van der Waals surface area contributed by atoms with Crippen LogP contribution < -0.4 is 0 Å². The van der Waals surface area contributed by atoms with Gasteiger partial charge in [-0.2, -0.15) is 0 Å². The highest BCUT2D eigenvalue weighted by Crippen LogP contribution is 2.24.